The summed E-state index contributed by atoms with van der Waals surface area (Å²) in [6.45, 7) is 11.7. The molecule has 0 spiro atoms. The van der Waals surface area contributed by atoms with Crippen LogP contribution in [0.3, 0.4) is 0 Å². The van der Waals surface area contributed by atoms with Crippen molar-refractivity contribution in [2.24, 2.45) is 10.2 Å². The summed E-state index contributed by atoms with van der Waals surface area (Å²) < 4.78 is 26.9. The van der Waals surface area contributed by atoms with Gasteiger partial charge in [-0.2, -0.15) is 10.2 Å². The highest BCUT2D eigenvalue weighted by Crippen LogP contribution is 2.37. The molecule has 0 aliphatic heterocycles. The third kappa shape index (κ3) is 4.04. The number of sulfone groups is 1. The molecule has 2 rings (SSSR count). The van der Waals surface area contributed by atoms with Crippen molar-refractivity contribution in [3.63, 3.8) is 0 Å². The van der Waals surface area contributed by atoms with Crippen molar-refractivity contribution >= 4 is 9.84 Å². The lowest BCUT2D eigenvalue weighted by Gasteiger charge is -2.26. The minimum Gasteiger partial charge on any atom is -0.221 e. The monoisotopic (exact) mass is 372 g/mol. The van der Waals surface area contributed by atoms with Gasteiger partial charge in [0, 0.05) is 0 Å². The number of hydrogen-bond acceptors (Lipinski definition) is 4. The summed E-state index contributed by atoms with van der Waals surface area (Å²) >= 11 is 0. The molecular formula is C21H28N2O2S. The lowest BCUT2D eigenvalue weighted by atomic mass is 9.87. The average Bonchev–Trinajstić information content (AvgIpc) is 2.59. The van der Waals surface area contributed by atoms with Crippen molar-refractivity contribution < 1.29 is 8.42 Å². The first-order chi connectivity index (χ1) is 12.0. The topological polar surface area (TPSA) is 58.9 Å². The van der Waals surface area contributed by atoms with E-state index in [1.807, 2.05) is 44.2 Å². The Morgan fingerprint density at radius 2 is 1.35 bits per heavy atom. The molecule has 26 heavy (non-hydrogen) atoms. The molecule has 1 unspecified atom stereocenters. The second kappa shape index (κ2) is 7.31. The van der Waals surface area contributed by atoms with Crippen LogP contribution in [0.4, 0.5) is 0 Å². The van der Waals surface area contributed by atoms with Gasteiger partial charge in [-0.1, -0.05) is 63.2 Å². The Balaban J connectivity index is 2.60. The summed E-state index contributed by atoms with van der Waals surface area (Å²) in [5.74, 6) is 0. The molecule has 0 bridgehead atoms. The lowest BCUT2D eigenvalue weighted by Crippen LogP contribution is -2.31. The Morgan fingerprint density at radius 3 is 1.81 bits per heavy atom. The summed E-state index contributed by atoms with van der Waals surface area (Å²) in [5.41, 5.74) is 1.65. The highest BCUT2D eigenvalue weighted by Gasteiger charge is 2.42. The number of benzene rings is 2. The molecule has 0 heterocycles. The molecule has 140 valence electrons. The van der Waals surface area contributed by atoms with Crippen LogP contribution >= 0.6 is 0 Å². The molecular weight excluding hydrogens is 344 g/mol. The van der Waals surface area contributed by atoms with E-state index >= 15 is 0 Å². The maximum Gasteiger partial charge on any atom is 0.210 e. The molecule has 2 aromatic rings. The van der Waals surface area contributed by atoms with E-state index in [1.165, 1.54) is 0 Å². The summed E-state index contributed by atoms with van der Waals surface area (Å²) in [7, 11) is -3.77. The summed E-state index contributed by atoms with van der Waals surface area (Å²) in [6, 6.07) is 16.0. The van der Waals surface area contributed by atoms with E-state index in [-0.39, 0.29) is 16.4 Å². The normalized spacial score (nSPS) is 15.3. The molecule has 0 amide bonds. The van der Waals surface area contributed by atoms with Crippen LogP contribution in [0.15, 0.2) is 69.7 Å². The van der Waals surface area contributed by atoms with Crippen LogP contribution in [-0.2, 0) is 20.1 Å². The maximum absolute atomic E-state index is 13.5. The van der Waals surface area contributed by atoms with E-state index in [4.69, 9.17) is 0 Å². The molecule has 5 heteroatoms. The van der Waals surface area contributed by atoms with Crippen molar-refractivity contribution in [2.45, 2.75) is 62.8 Å². The van der Waals surface area contributed by atoms with Crippen molar-refractivity contribution in [1.29, 1.82) is 0 Å². The van der Waals surface area contributed by atoms with Gasteiger partial charge in [0.15, 0.2) is 0 Å². The first kappa shape index (κ1) is 20.3. The van der Waals surface area contributed by atoms with Gasteiger partial charge in [0.2, 0.25) is 14.7 Å². The SMILES string of the molecule is CC(C)/N=N/C(C)(c1ccccc1)S(=O)(=O)c1ccc(C(C)(C)C)cc1. The molecule has 0 saturated carbocycles. The predicted octanol–water partition coefficient (Wildman–Crippen LogP) is 5.49. The Labute approximate surface area is 157 Å². The van der Waals surface area contributed by atoms with E-state index < -0.39 is 14.7 Å². The zero-order chi connectivity index (χ0) is 19.6. The van der Waals surface area contributed by atoms with Gasteiger partial charge in [0.05, 0.1) is 10.9 Å². The van der Waals surface area contributed by atoms with Crippen molar-refractivity contribution in [2.75, 3.05) is 0 Å². The zero-order valence-electron chi connectivity index (χ0n) is 16.4. The van der Waals surface area contributed by atoms with Gasteiger partial charge < -0.3 is 0 Å². The Hall–Kier alpha value is -2.01. The second-order valence-corrected chi connectivity index (χ2v) is 10.2. The smallest absolute Gasteiger partial charge is 0.210 e. The van der Waals surface area contributed by atoms with Gasteiger partial charge in [-0.15, -0.1) is 0 Å². The Morgan fingerprint density at radius 1 is 0.808 bits per heavy atom. The van der Waals surface area contributed by atoms with E-state index in [9.17, 15) is 8.42 Å². The van der Waals surface area contributed by atoms with E-state index in [0.29, 0.717) is 5.56 Å². The van der Waals surface area contributed by atoms with Crippen LogP contribution in [-0.4, -0.2) is 14.5 Å². The van der Waals surface area contributed by atoms with Gasteiger partial charge in [0.1, 0.15) is 0 Å². The molecule has 1 atom stereocenters. The fourth-order valence-corrected chi connectivity index (χ4v) is 4.16. The van der Waals surface area contributed by atoms with E-state index in [2.05, 4.69) is 31.0 Å². The van der Waals surface area contributed by atoms with Gasteiger partial charge >= 0.3 is 0 Å². The molecule has 0 N–H and O–H groups in total. The van der Waals surface area contributed by atoms with Gasteiger partial charge in [-0.25, -0.2) is 8.42 Å². The van der Waals surface area contributed by atoms with Crippen LogP contribution in [0.1, 0.15) is 52.7 Å². The van der Waals surface area contributed by atoms with Crippen LogP contribution in [0.5, 0.6) is 0 Å². The minimum atomic E-state index is -3.77. The van der Waals surface area contributed by atoms with Crippen molar-refractivity contribution in [1.82, 2.24) is 0 Å². The predicted molar refractivity (Wildman–Crippen MR) is 106 cm³/mol. The number of nitrogens with zero attached hydrogens (tertiary/aromatic N) is 2. The first-order valence-corrected chi connectivity index (χ1v) is 10.3. The maximum atomic E-state index is 13.5. The van der Waals surface area contributed by atoms with E-state index in [0.717, 1.165) is 5.56 Å². The molecule has 0 aliphatic carbocycles. The molecule has 0 aromatic heterocycles. The van der Waals surface area contributed by atoms with Crippen LogP contribution in [0.25, 0.3) is 0 Å². The van der Waals surface area contributed by atoms with E-state index in [1.54, 1.807) is 31.2 Å². The molecule has 2 aromatic carbocycles. The molecule has 0 aliphatic rings. The summed E-state index contributed by atoms with van der Waals surface area (Å²) in [6.07, 6.45) is 0. The molecule has 0 radical (unpaired) electrons. The fourth-order valence-electron chi connectivity index (χ4n) is 2.60. The highest BCUT2D eigenvalue weighted by atomic mass is 32.2. The number of hydrogen-bond donors (Lipinski definition) is 0. The first-order valence-electron chi connectivity index (χ1n) is 8.81. The third-order valence-corrected chi connectivity index (χ3v) is 6.60. The van der Waals surface area contributed by atoms with Crippen molar-refractivity contribution in [3.05, 3.63) is 65.7 Å². The van der Waals surface area contributed by atoms with Gasteiger partial charge in [-0.05, 0) is 49.4 Å². The lowest BCUT2D eigenvalue weighted by molar-refractivity contribution is 0.526. The van der Waals surface area contributed by atoms with Crippen molar-refractivity contribution in [3.8, 4) is 0 Å². The molecule has 4 nitrogen and oxygen atoms in total. The van der Waals surface area contributed by atoms with Gasteiger partial charge in [0.25, 0.3) is 0 Å². The quantitative estimate of drug-likeness (QED) is 0.651. The average molecular weight is 373 g/mol. The Kier molecular flexibility index (Phi) is 5.71. The fraction of sp³-hybridized carbons (Fsp3) is 0.429. The van der Waals surface area contributed by atoms with Crippen LogP contribution in [0, 0.1) is 0 Å². The zero-order valence-corrected chi connectivity index (χ0v) is 17.2. The molecule has 0 fully saturated rings. The highest BCUT2D eigenvalue weighted by molar-refractivity contribution is 7.92. The summed E-state index contributed by atoms with van der Waals surface area (Å²) in [4.78, 5) is -1.22. The summed E-state index contributed by atoms with van der Waals surface area (Å²) in [5, 5.41) is 8.45. The number of azo groups is 1. The minimum absolute atomic E-state index is 0.0393. The third-order valence-electron chi connectivity index (χ3n) is 4.34. The van der Waals surface area contributed by atoms with Gasteiger partial charge in [-0.3, -0.25) is 0 Å². The standard InChI is InChI=1S/C21H28N2O2S/c1-16(2)22-23-21(6,18-10-8-7-9-11-18)26(24,25)19-14-12-17(13-15-19)20(3,4)5/h7-16H,1-6H3/b23-22+. The molecule has 0 saturated heterocycles. The Bertz CT molecular complexity index is 864. The van der Waals surface area contributed by atoms with Crippen LogP contribution < -0.4 is 0 Å². The largest absolute Gasteiger partial charge is 0.221 e. The number of rotatable bonds is 5. The van der Waals surface area contributed by atoms with Crippen LogP contribution in [0.2, 0.25) is 0 Å². The second-order valence-electron chi connectivity index (χ2n) is 7.94.